The maximum absolute atomic E-state index is 5.95. The average Bonchev–Trinajstić information content (AvgIpc) is 2.21. The van der Waals surface area contributed by atoms with Gasteiger partial charge in [-0.15, -0.1) is 0 Å². The summed E-state index contributed by atoms with van der Waals surface area (Å²) in [5, 5.41) is 4.38. The molecule has 0 aromatic heterocycles. The highest BCUT2D eigenvalue weighted by atomic mass is 127. The zero-order valence-electron chi connectivity index (χ0n) is 10.0. The summed E-state index contributed by atoms with van der Waals surface area (Å²) in [4.78, 5) is 0. The monoisotopic (exact) mass is 365 g/mol. The highest BCUT2D eigenvalue weighted by Gasteiger charge is 2.24. The number of benzene rings is 1. The van der Waals surface area contributed by atoms with Crippen LogP contribution in [-0.2, 0) is 4.74 Å². The summed E-state index contributed by atoms with van der Waals surface area (Å²) in [6, 6.07) is 6.45. The molecule has 0 bridgehead atoms. The second-order valence-electron chi connectivity index (χ2n) is 4.69. The third-order valence-corrected chi connectivity index (χ3v) is 4.12. The van der Waals surface area contributed by atoms with Crippen molar-refractivity contribution in [1.29, 1.82) is 0 Å². The predicted molar refractivity (Wildman–Crippen MR) is 80.8 cm³/mol. The van der Waals surface area contributed by atoms with Gasteiger partial charge in [-0.1, -0.05) is 11.6 Å². The maximum atomic E-state index is 5.95. The van der Waals surface area contributed by atoms with Crippen LogP contribution in [-0.4, -0.2) is 18.2 Å². The van der Waals surface area contributed by atoms with Crippen LogP contribution >= 0.6 is 34.2 Å². The topological polar surface area (TPSA) is 21.3 Å². The average molecular weight is 366 g/mol. The molecular weight excluding hydrogens is 349 g/mol. The first-order valence-electron chi connectivity index (χ1n) is 5.91. The van der Waals surface area contributed by atoms with E-state index in [1.165, 1.54) is 9.26 Å². The van der Waals surface area contributed by atoms with E-state index in [4.69, 9.17) is 16.3 Å². The van der Waals surface area contributed by atoms with E-state index in [1.54, 1.807) is 0 Å². The molecule has 1 N–H and O–H groups in total. The number of halogens is 2. The molecule has 1 aromatic carbocycles. The van der Waals surface area contributed by atoms with Crippen LogP contribution in [0.15, 0.2) is 18.2 Å². The number of ether oxygens (including phenoxy) is 1. The Morgan fingerprint density at radius 2 is 1.94 bits per heavy atom. The lowest BCUT2D eigenvalue weighted by atomic mass is 9.99. The zero-order chi connectivity index (χ0) is 12.4. The van der Waals surface area contributed by atoms with E-state index in [-0.39, 0.29) is 0 Å². The standard InChI is InChI=1S/C13H17ClINO/c1-8-5-11(6-9(2)17-8)16-13-4-3-10(14)7-12(13)15/h3-4,7-9,11,16H,5-6H2,1-2H3. The van der Waals surface area contributed by atoms with Crippen LogP contribution in [0.1, 0.15) is 26.7 Å². The Hall–Kier alpha value is -0.0000000000000000763. The van der Waals surface area contributed by atoms with Gasteiger partial charge in [-0.25, -0.2) is 0 Å². The fraction of sp³-hybridized carbons (Fsp3) is 0.538. The Morgan fingerprint density at radius 1 is 1.29 bits per heavy atom. The van der Waals surface area contributed by atoms with Crippen LogP contribution in [0.5, 0.6) is 0 Å². The second kappa shape index (κ2) is 5.76. The minimum atomic E-state index is 0.334. The minimum absolute atomic E-state index is 0.334. The smallest absolute Gasteiger partial charge is 0.0570 e. The van der Waals surface area contributed by atoms with Gasteiger partial charge in [-0.2, -0.15) is 0 Å². The molecule has 2 rings (SSSR count). The van der Waals surface area contributed by atoms with Crippen molar-refractivity contribution in [2.24, 2.45) is 0 Å². The fourth-order valence-corrected chi connectivity index (χ4v) is 3.38. The number of anilines is 1. The predicted octanol–water partition coefficient (Wildman–Crippen LogP) is 4.31. The van der Waals surface area contributed by atoms with Gasteiger partial charge in [0.1, 0.15) is 0 Å². The van der Waals surface area contributed by atoms with Gasteiger partial charge in [0.25, 0.3) is 0 Å². The molecule has 94 valence electrons. The van der Waals surface area contributed by atoms with Crippen molar-refractivity contribution < 1.29 is 4.74 Å². The summed E-state index contributed by atoms with van der Waals surface area (Å²) >= 11 is 8.27. The summed E-state index contributed by atoms with van der Waals surface area (Å²) in [6.07, 6.45) is 2.79. The Kier molecular flexibility index (Phi) is 4.55. The van der Waals surface area contributed by atoms with E-state index >= 15 is 0 Å². The lowest BCUT2D eigenvalue weighted by Crippen LogP contribution is -2.37. The molecule has 0 aliphatic carbocycles. The summed E-state index contributed by atoms with van der Waals surface area (Å²) in [5.74, 6) is 0. The largest absolute Gasteiger partial charge is 0.381 e. The normalized spacial score (nSPS) is 29.1. The first kappa shape index (κ1) is 13.4. The van der Waals surface area contributed by atoms with Gasteiger partial charge in [0, 0.05) is 20.3 Å². The molecule has 1 aliphatic rings. The molecule has 1 saturated heterocycles. The van der Waals surface area contributed by atoms with Crippen LogP contribution < -0.4 is 5.32 Å². The van der Waals surface area contributed by atoms with E-state index in [2.05, 4.69) is 47.8 Å². The maximum Gasteiger partial charge on any atom is 0.0570 e. The fourth-order valence-electron chi connectivity index (χ4n) is 2.35. The highest BCUT2D eigenvalue weighted by Crippen LogP contribution is 2.27. The van der Waals surface area contributed by atoms with Crippen molar-refractivity contribution in [3.05, 3.63) is 26.8 Å². The third-order valence-electron chi connectivity index (χ3n) is 2.99. The molecule has 2 atom stereocenters. The highest BCUT2D eigenvalue weighted by molar-refractivity contribution is 14.1. The second-order valence-corrected chi connectivity index (χ2v) is 6.29. The zero-order valence-corrected chi connectivity index (χ0v) is 13.0. The van der Waals surface area contributed by atoms with Crippen LogP contribution in [0.2, 0.25) is 5.02 Å². The Bertz CT molecular complexity index is 389. The van der Waals surface area contributed by atoms with Gasteiger partial charge in [0.15, 0.2) is 0 Å². The van der Waals surface area contributed by atoms with Crippen LogP contribution in [0.25, 0.3) is 0 Å². The minimum Gasteiger partial charge on any atom is -0.381 e. The van der Waals surface area contributed by atoms with Crippen LogP contribution in [0, 0.1) is 3.57 Å². The molecule has 0 spiro atoms. The van der Waals surface area contributed by atoms with Gasteiger partial charge in [0.2, 0.25) is 0 Å². The molecule has 0 amide bonds. The van der Waals surface area contributed by atoms with Gasteiger partial charge >= 0.3 is 0 Å². The quantitative estimate of drug-likeness (QED) is 0.789. The molecule has 1 aliphatic heterocycles. The molecule has 1 heterocycles. The number of hydrogen-bond donors (Lipinski definition) is 1. The molecule has 2 nitrogen and oxygen atoms in total. The van der Waals surface area contributed by atoms with Crippen molar-refractivity contribution in [2.75, 3.05) is 5.32 Å². The molecule has 2 unspecified atom stereocenters. The molecule has 0 radical (unpaired) electrons. The number of hydrogen-bond acceptors (Lipinski definition) is 2. The molecule has 17 heavy (non-hydrogen) atoms. The van der Waals surface area contributed by atoms with Crippen LogP contribution in [0.4, 0.5) is 5.69 Å². The van der Waals surface area contributed by atoms with E-state index in [0.29, 0.717) is 18.2 Å². The molecular formula is C13H17ClINO. The van der Waals surface area contributed by atoms with Crippen molar-refractivity contribution >= 4 is 39.9 Å². The summed E-state index contributed by atoms with van der Waals surface area (Å²) in [5.41, 5.74) is 1.17. The molecule has 4 heteroatoms. The van der Waals surface area contributed by atoms with E-state index in [0.717, 1.165) is 17.9 Å². The van der Waals surface area contributed by atoms with Crippen molar-refractivity contribution in [3.8, 4) is 0 Å². The van der Waals surface area contributed by atoms with Crippen LogP contribution in [0.3, 0.4) is 0 Å². The SMILES string of the molecule is CC1CC(Nc2ccc(Cl)cc2I)CC(C)O1. The first-order valence-corrected chi connectivity index (χ1v) is 7.37. The van der Waals surface area contributed by atoms with Crippen molar-refractivity contribution in [1.82, 2.24) is 0 Å². The first-order chi connectivity index (χ1) is 8.04. The summed E-state index contributed by atoms with van der Waals surface area (Å²) in [6.45, 7) is 4.27. The molecule has 0 saturated carbocycles. The van der Waals surface area contributed by atoms with Crippen molar-refractivity contribution in [3.63, 3.8) is 0 Å². The lowest BCUT2D eigenvalue weighted by molar-refractivity contribution is -0.0337. The van der Waals surface area contributed by atoms with Gasteiger partial charge < -0.3 is 10.1 Å². The van der Waals surface area contributed by atoms with Gasteiger partial charge in [-0.3, -0.25) is 0 Å². The van der Waals surface area contributed by atoms with E-state index in [1.807, 2.05) is 12.1 Å². The number of nitrogens with one attached hydrogen (secondary N) is 1. The summed E-state index contributed by atoms with van der Waals surface area (Å²) in [7, 11) is 0. The summed E-state index contributed by atoms with van der Waals surface area (Å²) < 4.78 is 6.91. The third kappa shape index (κ3) is 3.73. The Morgan fingerprint density at radius 3 is 2.53 bits per heavy atom. The lowest BCUT2D eigenvalue weighted by Gasteiger charge is -2.33. The molecule has 1 aromatic rings. The van der Waals surface area contributed by atoms with E-state index in [9.17, 15) is 0 Å². The Labute approximate surface area is 121 Å². The number of rotatable bonds is 2. The molecule has 1 fully saturated rings. The van der Waals surface area contributed by atoms with Crippen molar-refractivity contribution in [2.45, 2.75) is 44.9 Å². The van der Waals surface area contributed by atoms with Gasteiger partial charge in [-0.05, 0) is 67.5 Å². The van der Waals surface area contributed by atoms with E-state index < -0.39 is 0 Å². The van der Waals surface area contributed by atoms with Gasteiger partial charge in [0.05, 0.1) is 12.2 Å². The Balaban J connectivity index is 2.04.